The summed E-state index contributed by atoms with van der Waals surface area (Å²) in [6.45, 7) is 5.92. The van der Waals surface area contributed by atoms with Crippen molar-refractivity contribution < 1.29 is 23.8 Å². The molecule has 0 bridgehead atoms. The zero-order valence-corrected chi connectivity index (χ0v) is 18.6. The largest absolute Gasteiger partial charge is 0.493 e. The third-order valence-electron chi connectivity index (χ3n) is 5.54. The van der Waals surface area contributed by atoms with Crippen LogP contribution in [0.3, 0.4) is 0 Å². The van der Waals surface area contributed by atoms with Crippen molar-refractivity contribution in [3.05, 3.63) is 63.8 Å². The van der Waals surface area contributed by atoms with Gasteiger partial charge in [0.15, 0.2) is 6.10 Å². The minimum absolute atomic E-state index is 0.181. The molecule has 1 unspecified atom stereocenters. The number of carboxylic acids is 1. The number of aliphatic carboxylic acids is 1. The van der Waals surface area contributed by atoms with Crippen LogP contribution in [0.4, 0.5) is 4.39 Å². The second kappa shape index (κ2) is 8.06. The van der Waals surface area contributed by atoms with Gasteiger partial charge in [-0.2, -0.15) is 0 Å². The number of aromatic nitrogens is 1. The summed E-state index contributed by atoms with van der Waals surface area (Å²) in [6.07, 6.45) is 0.315. The monoisotopic (exact) mass is 439 g/mol. The van der Waals surface area contributed by atoms with Crippen LogP contribution in [0, 0.1) is 5.82 Å². The lowest BCUT2D eigenvalue weighted by atomic mass is 9.92. The van der Waals surface area contributed by atoms with E-state index in [4.69, 9.17) is 9.47 Å². The van der Waals surface area contributed by atoms with Crippen molar-refractivity contribution in [2.45, 2.75) is 45.3 Å². The minimum Gasteiger partial charge on any atom is -0.493 e. The van der Waals surface area contributed by atoms with E-state index in [9.17, 15) is 19.1 Å². The lowest BCUT2D eigenvalue weighted by Gasteiger charge is -2.29. The van der Waals surface area contributed by atoms with Crippen LogP contribution in [0.5, 0.6) is 5.75 Å². The highest BCUT2D eigenvalue weighted by Gasteiger charge is 2.33. The predicted octanol–water partition coefficient (Wildman–Crippen LogP) is 4.61. The molecule has 0 saturated heterocycles. The van der Waals surface area contributed by atoms with Gasteiger partial charge >= 0.3 is 5.97 Å². The number of benzene rings is 2. The Bertz CT molecular complexity index is 1270. The normalized spacial score (nSPS) is 14.7. The number of hydrogen-bond acceptors (Lipinski definition) is 4. The van der Waals surface area contributed by atoms with Crippen LogP contribution >= 0.6 is 0 Å². The lowest BCUT2D eigenvalue weighted by molar-refractivity contribution is -0.161. The fourth-order valence-corrected chi connectivity index (χ4v) is 4.21. The van der Waals surface area contributed by atoms with Crippen molar-refractivity contribution in [2.75, 3.05) is 6.61 Å². The number of fused-ring (bicyclic) bond motifs is 2. The molecule has 168 valence electrons. The molecule has 0 spiro atoms. The third-order valence-corrected chi connectivity index (χ3v) is 5.54. The zero-order valence-electron chi connectivity index (χ0n) is 18.6. The first kappa shape index (κ1) is 22.0. The molecule has 1 aliphatic rings. The van der Waals surface area contributed by atoms with Crippen molar-refractivity contribution in [1.82, 2.24) is 4.57 Å². The van der Waals surface area contributed by atoms with Gasteiger partial charge in [-0.3, -0.25) is 4.79 Å². The van der Waals surface area contributed by atoms with Gasteiger partial charge in [0.2, 0.25) is 0 Å². The van der Waals surface area contributed by atoms with E-state index in [-0.39, 0.29) is 11.1 Å². The predicted molar refractivity (Wildman–Crippen MR) is 120 cm³/mol. The van der Waals surface area contributed by atoms with Gasteiger partial charge in [-0.25, -0.2) is 9.18 Å². The number of carboxylic acid groups (broad SMARTS) is 1. The second-order valence-corrected chi connectivity index (χ2v) is 9.04. The number of rotatable bonds is 4. The first-order chi connectivity index (χ1) is 15.1. The summed E-state index contributed by atoms with van der Waals surface area (Å²) in [5.74, 6) is -0.950. The quantitative estimate of drug-likeness (QED) is 0.642. The fourth-order valence-electron chi connectivity index (χ4n) is 4.21. The summed E-state index contributed by atoms with van der Waals surface area (Å²) >= 11 is 0. The Hall–Kier alpha value is -3.19. The summed E-state index contributed by atoms with van der Waals surface area (Å²) < 4.78 is 26.9. The maximum absolute atomic E-state index is 14.0. The summed E-state index contributed by atoms with van der Waals surface area (Å²) in [5, 5.41) is 10.7. The molecular formula is C25H26FNO5. The number of ether oxygens (including phenoxy) is 2. The molecule has 1 atom stereocenters. The number of halogens is 1. The van der Waals surface area contributed by atoms with Crippen LogP contribution in [-0.2, 0) is 23.0 Å². The maximum atomic E-state index is 14.0. The van der Waals surface area contributed by atoms with Crippen molar-refractivity contribution in [1.29, 1.82) is 0 Å². The Morgan fingerprint density at radius 1 is 1.19 bits per heavy atom. The number of aryl methyl sites for hydroxylation is 1. The van der Waals surface area contributed by atoms with Gasteiger partial charge in [0.1, 0.15) is 11.6 Å². The molecule has 0 saturated carbocycles. The van der Waals surface area contributed by atoms with E-state index in [0.717, 1.165) is 29.7 Å². The van der Waals surface area contributed by atoms with Crippen molar-refractivity contribution in [3.63, 3.8) is 0 Å². The molecule has 6 nitrogen and oxygen atoms in total. The van der Waals surface area contributed by atoms with E-state index in [2.05, 4.69) is 0 Å². The summed E-state index contributed by atoms with van der Waals surface area (Å²) in [5.41, 5.74) is 1.22. The van der Waals surface area contributed by atoms with Crippen LogP contribution in [0.15, 0.2) is 41.2 Å². The third kappa shape index (κ3) is 4.00. The molecule has 1 aliphatic heterocycles. The molecular weight excluding hydrogens is 413 g/mol. The first-order valence-electron chi connectivity index (χ1n) is 10.6. The van der Waals surface area contributed by atoms with Crippen LogP contribution < -0.4 is 10.3 Å². The molecule has 2 aromatic carbocycles. The van der Waals surface area contributed by atoms with E-state index in [1.807, 2.05) is 18.2 Å². The van der Waals surface area contributed by atoms with E-state index >= 15 is 0 Å². The minimum atomic E-state index is -1.40. The smallest absolute Gasteiger partial charge is 0.339 e. The van der Waals surface area contributed by atoms with Crippen molar-refractivity contribution in [3.8, 4) is 16.9 Å². The highest BCUT2D eigenvalue weighted by Crippen LogP contribution is 2.39. The van der Waals surface area contributed by atoms with Gasteiger partial charge in [0, 0.05) is 12.6 Å². The Morgan fingerprint density at radius 2 is 1.94 bits per heavy atom. The van der Waals surface area contributed by atoms with Gasteiger partial charge in [-0.05, 0) is 74.4 Å². The molecule has 4 rings (SSSR count). The Kier molecular flexibility index (Phi) is 5.54. The zero-order chi connectivity index (χ0) is 23.2. The molecule has 3 aromatic rings. The first-order valence-corrected chi connectivity index (χ1v) is 10.6. The molecule has 32 heavy (non-hydrogen) atoms. The van der Waals surface area contributed by atoms with E-state index < -0.39 is 29.1 Å². The van der Waals surface area contributed by atoms with E-state index in [1.54, 1.807) is 20.8 Å². The number of nitrogens with zero attached hydrogens (tertiary/aromatic N) is 1. The average Bonchev–Trinajstić information content (AvgIpc) is 2.73. The SMILES string of the molecule is Cn1c(C(OC(C)(C)C)C(=O)O)c(-c2ccc3c(c2)CCCO3)c2ccc(F)cc2c1=O. The maximum Gasteiger partial charge on any atom is 0.339 e. The summed E-state index contributed by atoms with van der Waals surface area (Å²) in [4.78, 5) is 25.5. The fraction of sp³-hybridized carbons (Fsp3) is 0.360. The number of carbonyl (C=O) groups is 1. The second-order valence-electron chi connectivity index (χ2n) is 9.04. The lowest BCUT2D eigenvalue weighted by Crippen LogP contribution is -2.33. The Labute approximate surface area is 185 Å². The van der Waals surface area contributed by atoms with Gasteiger partial charge in [-0.15, -0.1) is 0 Å². The molecule has 1 aromatic heterocycles. The van der Waals surface area contributed by atoms with E-state index in [1.165, 1.54) is 29.8 Å². The van der Waals surface area contributed by atoms with Crippen LogP contribution in [-0.4, -0.2) is 27.9 Å². The van der Waals surface area contributed by atoms with Gasteiger partial charge < -0.3 is 19.1 Å². The summed E-state index contributed by atoms with van der Waals surface area (Å²) in [7, 11) is 1.50. The summed E-state index contributed by atoms with van der Waals surface area (Å²) in [6, 6.07) is 9.64. The molecule has 0 aliphatic carbocycles. The van der Waals surface area contributed by atoms with Crippen LogP contribution in [0.25, 0.3) is 21.9 Å². The van der Waals surface area contributed by atoms with Crippen LogP contribution in [0.1, 0.15) is 44.6 Å². The van der Waals surface area contributed by atoms with Gasteiger partial charge in [0.25, 0.3) is 5.56 Å². The standard InChI is InChI=1S/C25H26FNO5/c1-25(2,3)32-22(24(29)30)21-20(15-7-10-19-14(12-15)6-5-11-31-19)17-9-8-16(26)13-18(17)23(28)27(21)4/h7-10,12-13,22H,5-6,11H2,1-4H3,(H,29,30). The van der Waals surface area contributed by atoms with Crippen molar-refractivity contribution in [2.24, 2.45) is 7.05 Å². The highest BCUT2D eigenvalue weighted by molar-refractivity contribution is 5.99. The van der Waals surface area contributed by atoms with E-state index in [0.29, 0.717) is 17.6 Å². The average molecular weight is 439 g/mol. The van der Waals surface area contributed by atoms with Gasteiger partial charge in [-0.1, -0.05) is 12.1 Å². The Balaban J connectivity index is 2.09. The molecule has 0 radical (unpaired) electrons. The van der Waals surface area contributed by atoms with Gasteiger partial charge in [0.05, 0.1) is 23.3 Å². The molecule has 0 amide bonds. The number of hydrogen-bond donors (Lipinski definition) is 1. The molecule has 0 fully saturated rings. The molecule has 2 heterocycles. The topological polar surface area (TPSA) is 77.8 Å². The molecule has 1 N–H and O–H groups in total. The number of pyridine rings is 1. The molecule has 7 heteroatoms. The Morgan fingerprint density at radius 3 is 2.62 bits per heavy atom. The van der Waals surface area contributed by atoms with Crippen LogP contribution in [0.2, 0.25) is 0 Å². The van der Waals surface area contributed by atoms with Crippen molar-refractivity contribution >= 4 is 16.7 Å². The highest BCUT2D eigenvalue weighted by atomic mass is 19.1.